The maximum absolute atomic E-state index is 12.3. The van der Waals surface area contributed by atoms with Gasteiger partial charge >= 0.3 is 0 Å². The summed E-state index contributed by atoms with van der Waals surface area (Å²) in [6.45, 7) is 7.47. The molecule has 0 bridgehead atoms. The molecule has 1 aliphatic carbocycles. The molecule has 4 atom stereocenters. The number of hydrogen-bond donors (Lipinski definition) is 1. The molecule has 6 heteroatoms. The Bertz CT molecular complexity index is 543. The first-order valence-corrected chi connectivity index (χ1v) is 11.0. The lowest BCUT2D eigenvalue weighted by Gasteiger charge is -2.51. The van der Waals surface area contributed by atoms with Crippen LogP contribution in [0.2, 0.25) is 0 Å². The Hall–Kier alpha value is -0.720. The van der Waals surface area contributed by atoms with E-state index in [9.17, 15) is 13.6 Å². The summed E-state index contributed by atoms with van der Waals surface area (Å²) in [5.41, 5.74) is 1.38. The van der Waals surface area contributed by atoms with Gasteiger partial charge in [0.05, 0.1) is 0 Å². The molecule has 25 heavy (non-hydrogen) atoms. The van der Waals surface area contributed by atoms with Crippen molar-refractivity contribution >= 4 is 16.2 Å². The lowest BCUT2D eigenvalue weighted by Crippen LogP contribution is -2.53. The molecule has 2 aliphatic heterocycles. The van der Waals surface area contributed by atoms with Crippen LogP contribution in [0.25, 0.3) is 0 Å². The second kappa shape index (κ2) is 8.31. The van der Waals surface area contributed by atoms with Crippen molar-refractivity contribution < 1.29 is 13.6 Å². The molecule has 0 saturated carbocycles. The molecule has 3 rings (SSSR count). The summed E-state index contributed by atoms with van der Waals surface area (Å²) in [5, 5.41) is 4.52. The average molecular weight is 369 g/mol. The van der Waals surface area contributed by atoms with Gasteiger partial charge in [0.2, 0.25) is 16.2 Å². The van der Waals surface area contributed by atoms with Crippen molar-refractivity contribution in [1.29, 1.82) is 0 Å². The maximum Gasteiger partial charge on any atom is 0.249 e. The first-order chi connectivity index (χ1) is 12.0. The van der Waals surface area contributed by atoms with Crippen LogP contribution in [-0.2, 0) is 15.9 Å². The van der Waals surface area contributed by atoms with Gasteiger partial charge in [-0.2, -0.15) is 0 Å². The van der Waals surface area contributed by atoms with Crippen molar-refractivity contribution in [3.05, 3.63) is 11.8 Å². The first-order valence-electron chi connectivity index (χ1n) is 9.90. The lowest BCUT2D eigenvalue weighted by molar-refractivity contribution is -0.119. The Kier molecular flexibility index (Phi) is 6.34. The number of carbonyl (C=O) groups is 1. The van der Waals surface area contributed by atoms with Crippen LogP contribution in [0.3, 0.4) is 0 Å². The van der Waals surface area contributed by atoms with E-state index in [4.69, 9.17) is 0 Å². The highest BCUT2D eigenvalue weighted by atomic mass is 32.2. The summed E-state index contributed by atoms with van der Waals surface area (Å²) >= 11 is -2.35. The summed E-state index contributed by atoms with van der Waals surface area (Å²) in [4.78, 5) is 12.3. The standard InChI is InChI=1S/C19H32N2O3S/c1-3-15(19(22)25(23)24)16-10-13-21(18-7-5-4-6-17(16)18)20-11-8-14(2)9-12-20/h7,14-17H,3-6,8-13H2,1-2H3,(H,23,24). The molecular formula is C19H32N2O3S. The minimum absolute atomic E-state index is 0.208. The van der Waals surface area contributed by atoms with Gasteiger partial charge in [-0.3, -0.25) is 4.79 Å². The Morgan fingerprint density at radius 1 is 1.28 bits per heavy atom. The fourth-order valence-corrected chi connectivity index (χ4v) is 5.62. The lowest BCUT2D eigenvalue weighted by atomic mass is 9.71. The maximum atomic E-state index is 12.3. The molecule has 3 aliphatic rings. The number of allylic oxidation sites excluding steroid dienone is 2. The minimum atomic E-state index is -2.35. The fraction of sp³-hybridized carbons (Fsp3) is 0.842. The monoisotopic (exact) mass is 368 g/mol. The van der Waals surface area contributed by atoms with E-state index in [1.54, 1.807) is 0 Å². The van der Waals surface area contributed by atoms with Gasteiger partial charge in [-0.05, 0) is 56.8 Å². The van der Waals surface area contributed by atoms with Crippen LogP contribution in [-0.4, -0.2) is 43.5 Å². The van der Waals surface area contributed by atoms with Crippen LogP contribution in [0, 0.1) is 23.7 Å². The van der Waals surface area contributed by atoms with Crippen molar-refractivity contribution in [2.75, 3.05) is 19.6 Å². The molecule has 0 radical (unpaired) electrons. The Morgan fingerprint density at radius 3 is 2.64 bits per heavy atom. The zero-order valence-electron chi connectivity index (χ0n) is 15.5. The summed E-state index contributed by atoms with van der Waals surface area (Å²) in [6, 6.07) is 0. The molecule has 2 heterocycles. The summed E-state index contributed by atoms with van der Waals surface area (Å²) in [6.07, 6.45) is 9.81. The van der Waals surface area contributed by atoms with Gasteiger partial charge in [0.1, 0.15) is 0 Å². The van der Waals surface area contributed by atoms with Gasteiger partial charge in [0.25, 0.3) is 0 Å². The van der Waals surface area contributed by atoms with Crippen LogP contribution in [0.1, 0.15) is 58.8 Å². The van der Waals surface area contributed by atoms with Crippen molar-refractivity contribution in [1.82, 2.24) is 10.0 Å². The van der Waals surface area contributed by atoms with Crippen molar-refractivity contribution in [3.63, 3.8) is 0 Å². The van der Waals surface area contributed by atoms with Gasteiger partial charge in [0.15, 0.2) is 0 Å². The second-order valence-corrected chi connectivity index (χ2v) is 8.86. The molecule has 2 saturated heterocycles. The van der Waals surface area contributed by atoms with E-state index in [1.807, 2.05) is 6.92 Å². The second-order valence-electron chi connectivity index (χ2n) is 7.96. The molecule has 5 nitrogen and oxygen atoms in total. The van der Waals surface area contributed by atoms with Gasteiger partial charge in [-0.25, -0.2) is 9.22 Å². The van der Waals surface area contributed by atoms with E-state index in [0.717, 1.165) is 51.2 Å². The average Bonchev–Trinajstić information content (AvgIpc) is 2.63. The molecule has 142 valence electrons. The van der Waals surface area contributed by atoms with E-state index >= 15 is 0 Å². The molecule has 0 spiro atoms. The number of hydrazine groups is 1. The third-order valence-corrected chi connectivity index (χ3v) is 7.12. The van der Waals surface area contributed by atoms with Crippen LogP contribution in [0.4, 0.5) is 0 Å². The summed E-state index contributed by atoms with van der Waals surface area (Å²) < 4.78 is 20.7. The molecule has 1 N–H and O–H groups in total. The van der Waals surface area contributed by atoms with Crippen LogP contribution in [0.15, 0.2) is 11.8 Å². The number of piperidine rings is 2. The molecule has 4 unspecified atom stereocenters. The Balaban J connectivity index is 1.78. The zero-order chi connectivity index (χ0) is 18.0. The van der Waals surface area contributed by atoms with Gasteiger partial charge in [-0.1, -0.05) is 19.9 Å². The number of carbonyl (C=O) groups excluding carboxylic acids is 1. The highest BCUT2D eigenvalue weighted by molar-refractivity contribution is 7.95. The van der Waals surface area contributed by atoms with Gasteiger partial charge in [-0.15, -0.1) is 0 Å². The first kappa shape index (κ1) is 19.1. The fourth-order valence-electron chi connectivity index (χ4n) is 5.02. The van der Waals surface area contributed by atoms with Gasteiger partial charge in [0, 0.05) is 37.2 Å². The smallest absolute Gasteiger partial charge is 0.249 e. The SMILES string of the molecule is CCC(C(=O)S(=O)O)C1CCN(N2CCC(C)CC2)C2=CCCCC21. The van der Waals surface area contributed by atoms with Crippen molar-refractivity contribution in [3.8, 4) is 0 Å². The van der Waals surface area contributed by atoms with Crippen molar-refractivity contribution in [2.45, 2.75) is 58.8 Å². The number of rotatable bonds is 4. The third-order valence-electron chi connectivity index (χ3n) is 6.47. The molecule has 2 fully saturated rings. The van der Waals surface area contributed by atoms with Crippen LogP contribution in [0.5, 0.6) is 0 Å². The predicted octanol–water partition coefficient (Wildman–Crippen LogP) is 3.41. The predicted molar refractivity (Wildman–Crippen MR) is 99.8 cm³/mol. The zero-order valence-corrected chi connectivity index (χ0v) is 16.3. The topological polar surface area (TPSA) is 60.9 Å². The van der Waals surface area contributed by atoms with E-state index in [2.05, 4.69) is 23.0 Å². The highest BCUT2D eigenvalue weighted by Gasteiger charge is 2.43. The largest absolute Gasteiger partial charge is 0.310 e. The van der Waals surface area contributed by atoms with E-state index in [0.29, 0.717) is 12.3 Å². The normalized spacial score (nSPS) is 31.2. The number of nitrogens with zero attached hydrogens (tertiary/aromatic N) is 2. The molecule has 0 aromatic rings. The number of hydrogen-bond acceptors (Lipinski definition) is 4. The van der Waals surface area contributed by atoms with E-state index in [1.165, 1.54) is 18.5 Å². The van der Waals surface area contributed by atoms with Crippen molar-refractivity contribution in [2.24, 2.45) is 23.7 Å². The highest BCUT2D eigenvalue weighted by Crippen LogP contribution is 2.44. The minimum Gasteiger partial charge on any atom is -0.310 e. The van der Waals surface area contributed by atoms with E-state index < -0.39 is 16.2 Å². The molecule has 0 aromatic heterocycles. The quantitative estimate of drug-likeness (QED) is 0.771. The van der Waals surface area contributed by atoms with E-state index in [-0.39, 0.29) is 11.8 Å². The molecule has 0 aromatic carbocycles. The van der Waals surface area contributed by atoms with Crippen LogP contribution < -0.4 is 0 Å². The van der Waals surface area contributed by atoms with Gasteiger partial charge < -0.3 is 9.56 Å². The Morgan fingerprint density at radius 2 is 2.00 bits per heavy atom. The Labute approximate surface area is 154 Å². The third kappa shape index (κ3) is 4.01. The summed E-state index contributed by atoms with van der Waals surface area (Å²) in [5.74, 6) is 1.09. The molecular weight excluding hydrogens is 336 g/mol. The number of fused-ring (bicyclic) bond motifs is 1. The summed E-state index contributed by atoms with van der Waals surface area (Å²) in [7, 11) is 0. The van der Waals surface area contributed by atoms with Crippen LogP contribution >= 0.6 is 0 Å². The molecule has 0 amide bonds.